The molecule has 1 aliphatic heterocycles. The molecule has 1 aromatic rings. The molecule has 1 aromatic heterocycles. The zero-order valence-corrected chi connectivity index (χ0v) is 19.2. The Labute approximate surface area is 205 Å². The van der Waals surface area contributed by atoms with Gasteiger partial charge in [-0.05, 0) is 31.6 Å². The van der Waals surface area contributed by atoms with Crippen LogP contribution in [0.4, 0.5) is 38.0 Å². The molecule has 1 saturated carbocycles. The maximum Gasteiger partial charge on any atom is 0.490 e. The summed E-state index contributed by atoms with van der Waals surface area (Å²) in [6.45, 7) is 1.61. The molecule has 2 heterocycles. The summed E-state index contributed by atoms with van der Waals surface area (Å²) in [5.74, 6) is -4.67. The van der Waals surface area contributed by atoms with Crippen LogP contribution in [0.1, 0.15) is 38.5 Å². The molecule has 3 rings (SSSR count). The highest BCUT2D eigenvalue weighted by Gasteiger charge is 2.43. The number of hydrogen-bond acceptors (Lipinski definition) is 9. The molecular formula is C19H26F6N6O6. The molecule has 0 spiro atoms. The smallest absolute Gasteiger partial charge is 0.475 e. The molecule has 1 saturated heterocycles. The molecule has 210 valence electrons. The number of halogens is 6. The molecule has 0 aromatic carbocycles. The van der Waals surface area contributed by atoms with E-state index in [1.165, 1.54) is 12.4 Å². The van der Waals surface area contributed by atoms with Crippen LogP contribution in [0.2, 0.25) is 0 Å². The standard InChI is InChI=1S/C15H24N6O2.2C2HF3O2/c16-13-5-1-2-6-15(13,17)11-4-3-7-20(10-11)14-18-8-12(9-19-14)21(22)23;2*3-2(4,5)1(6)7/h8-9,11,13H,1-7,10,16-17H2;2*(H,6,7)/t11-,13?,15?;;/m0../s1. The van der Waals surface area contributed by atoms with Crippen LogP contribution in [-0.4, -0.2) is 74.1 Å². The minimum Gasteiger partial charge on any atom is -0.475 e. The maximum atomic E-state index is 10.7. The van der Waals surface area contributed by atoms with Gasteiger partial charge < -0.3 is 26.6 Å². The van der Waals surface area contributed by atoms with Crippen molar-refractivity contribution in [3.63, 3.8) is 0 Å². The molecule has 12 nitrogen and oxygen atoms in total. The summed E-state index contributed by atoms with van der Waals surface area (Å²) >= 11 is 0. The summed E-state index contributed by atoms with van der Waals surface area (Å²) in [6, 6.07) is 0.0407. The van der Waals surface area contributed by atoms with Gasteiger partial charge >= 0.3 is 30.0 Å². The summed E-state index contributed by atoms with van der Waals surface area (Å²) in [5.41, 5.74) is 12.6. The number of piperidine rings is 1. The Kier molecular flexibility index (Phi) is 11.0. The minimum absolute atomic E-state index is 0.0407. The Hall–Kier alpha value is -3.28. The van der Waals surface area contributed by atoms with E-state index in [4.69, 9.17) is 31.3 Å². The number of rotatable bonds is 3. The predicted molar refractivity (Wildman–Crippen MR) is 114 cm³/mol. The van der Waals surface area contributed by atoms with Gasteiger partial charge in [0.2, 0.25) is 5.95 Å². The Balaban J connectivity index is 0.000000404. The Bertz CT molecular complexity index is 908. The number of carbonyl (C=O) groups is 2. The van der Waals surface area contributed by atoms with E-state index >= 15 is 0 Å². The van der Waals surface area contributed by atoms with Crippen LogP contribution in [0.25, 0.3) is 0 Å². The SMILES string of the molecule is NC1CCCCC1(N)[C@H]1CCCN(c2ncc([N+](=O)[O-])cn2)C1.O=C(O)C(F)(F)F.O=C(O)C(F)(F)F. The molecule has 3 atom stereocenters. The Morgan fingerprint density at radius 3 is 1.92 bits per heavy atom. The number of nitrogens with zero attached hydrogens (tertiary/aromatic N) is 4. The van der Waals surface area contributed by atoms with Crippen molar-refractivity contribution in [3.8, 4) is 0 Å². The molecule has 2 unspecified atom stereocenters. The summed E-state index contributed by atoms with van der Waals surface area (Å²) in [5, 5.41) is 25.0. The number of carboxylic acid groups (broad SMARTS) is 2. The molecule has 0 radical (unpaired) electrons. The van der Waals surface area contributed by atoms with E-state index in [-0.39, 0.29) is 17.3 Å². The fraction of sp³-hybridized carbons (Fsp3) is 0.684. The number of anilines is 1. The van der Waals surface area contributed by atoms with Gasteiger partial charge in [-0.25, -0.2) is 19.6 Å². The average molecular weight is 548 g/mol. The molecule has 0 bridgehead atoms. The van der Waals surface area contributed by atoms with Gasteiger partial charge in [-0.3, -0.25) is 10.1 Å². The van der Waals surface area contributed by atoms with Crippen molar-refractivity contribution in [2.24, 2.45) is 17.4 Å². The van der Waals surface area contributed by atoms with E-state index in [1.54, 1.807) is 0 Å². The molecule has 0 amide bonds. The van der Waals surface area contributed by atoms with Crippen LogP contribution in [0.15, 0.2) is 12.4 Å². The summed E-state index contributed by atoms with van der Waals surface area (Å²) < 4.78 is 63.5. The van der Waals surface area contributed by atoms with E-state index in [1.807, 2.05) is 0 Å². The molecule has 37 heavy (non-hydrogen) atoms. The second-order valence-corrected chi connectivity index (χ2v) is 8.35. The topological polar surface area (TPSA) is 199 Å². The molecular weight excluding hydrogens is 522 g/mol. The van der Waals surface area contributed by atoms with Gasteiger partial charge in [0.25, 0.3) is 0 Å². The number of carboxylic acids is 2. The van der Waals surface area contributed by atoms with E-state index in [0.717, 1.165) is 51.6 Å². The van der Waals surface area contributed by atoms with Crippen molar-refractivity contribution in [2.75, 3.05) is 18.0 Å². The normalized spacial score (nSPS) is 24.1. The lowest BCUT2D eigenvalue weighted by atomic mass is 9.68. The first-order valence-corrected chi connectivity index (χ1v) is 10.8. The molecule has 6 N–H and O–H groups in total. The third-order valence-electron chi connectivity index (χ3n) is 5.85. The Morgan fingerprint density at radius 1 is 1.03 bits per heavy atom. The zero-order chi connectivity index (χ0) is 28.6. The van der Waals surface area contributed by atoms with E-state index in [2.05, 4.69) is 14.9 Å². The number of alkyl halides is 6. The number of nitro groups is 1. The number of aliphatic carboxylic acids is 2. The minimum atomic E-state index is -5.08. The Morgan fingerprint density at radius 2 is 1.51 bits per heavy atom. The lowest BCUT2D eigenvalue weighted by molar-refractivity contribution is -0.385. The van der Waals surface area contributed by atoms with E-state index in [9.17, 15) is 36.5 Å². The first-order chi connectivity index (χ1) is 16.9. The number of aromatic nitrogens is 2. The van der Waals surface area contributed by atoms with Gasteiger partial charge in [0.15, 0.2) is 0 Å². The van der Waals surface area contributed by atoms with Gasteiger partial charge in [-0.1, -0.05) is 12.8 Å². The van der Waals surface area contributed by atoms with Gasteiger partial charge in [0.1, 0.15) is 12.4 Å². The summed E-state index contributed by atoms with van der Waals surface area (Å²) in [6.07, 6.45) is -1.33. The highest BCUT2D eigenvalue weighted by atomic mass is 19.4. The van der Waals surface area contributed by atoms with Crippen molar-refractivity contribution in [3.05, 3.63) is 22.5 Å². The van der Waals surface area contributed by atoms with Crippen LogP contribution in [0.3, 0.4) is 0 Å². The summed E-state index contributed by atoms with van der Waals surface area (Å²) in [7, 11) is 0. The first kappa shape index (κ1) is 31.7. The van der Waals surface area contributed by atoms with Crippen LogP contribution in [0.5, 0.6) is 0 Å². The fourth-order valence-electron chi connectivity index (χ4n) is 3.93. The quantitative estimate of drug-likeness (QED) is 0.246. The second kappa shape index (κ2) is 12.8. The van der Waals surface area contributed by atoms with Gasteiger partial charge in [-0.15, -0.1) is 0 Å². The molecule has 1 aliphatic carbocycles. The van der Waals surface area contributed by atoms with E-state index < -0.39 is 29.2 Å². The largest absolute Gasteiger partial charge is 0.490 e. The highest BCUT2D eigenvalue weighted by molar-refractivity contribution is 5.73. The van der Waals surface area contributed by atoms with Crippen molar-refractivity contribution >= 4 is 23.6 Å². The van der Waals surface area contributed by atoms with Crippen LogP contribution in [-0.2, 0) is 9.59 Å². The van der Waals surface area contributed by atoms with Crippen LogP contribution in [0, 0.1) is 16.0 Å². The molecule has 2 aliphatic rings. The van der Waals surface area contributed by atoms with Crippen molar-refractivity contribution < 1.29 is 51.1 Å². The van der Waals surface area contributed by atoms with Crippen molar-refractivity contribution in [2.45, 2.75) is 62.5 Å². The first-order valence-electron chi connectivity index (χ1n) is 10.8. The lowest BCUT2D eigenvalue weighted by Crippen LogP contribution is -2.64. The van der Waals surface area contributed by atoms with Gasteiger partial charge in [0.05, 0.1) is 4.92 Å². The maximum absolute atomic E-state index is 10.7. The van der Waals surface area contributed by atoms with Gasteiger partial charge in [-0.2, -0.15) is 26.3 Å². The van der Waals surface area contributed by atoms with Crippen LogP contribution >= 0.6 is 0 Å². The average Bonchev–Trinajstić information content (AvgIpc) is 2.81. The third kappa shape index (κ3) is 9.60. The monoisotopic (exact) mass is 548 g/mol. The number of hydrogen-bond donors (Lipinski definition) is 4. The number of nitrogens with two attached hydrogens (primary N) is 2. The lowest BCUT2D eigenvalue weighted by Gasteiger charge is -2.48. The summed E-state index contributed by atoms with van der Waals surface area (Å²) in [4.78, 5) is 38.4. The zero-order valence-electron chi connectivity index (χ0n) is 19.2. The molecule has 2 fully saturated rings. The predicted octanol–water partition coefficient (Wildman–Crippen LogP) is 2.47. The van der Waals surface area contributed by atoms with E-state index in [0.29, 0.717) is 11.9 Å². The van der Waals surface area contributed by atoms with Crippen molar-refractivity contribution in [1.29, 1.82) is 0 Å². The third-order valence-corrected chi connectivity index (χ3v) is 5.85. The fourth-order valence-corrected chi connectivity index (χ4v) is 3.93. The van der Waals surface area contributed by atoms with Crippen LogP contribution < -0.4 is 16.4 Å². The molecule has 18 heteroatoms. The van der Waals surface area contributed by atoms with Gasteiger partial charge in [0, 0.05) is 24.7 Å². The second-order valence-electron chi connectivity index (χ2n) is 8.35. The highest BCUT2D eigenvalue weighted by Crippen LogP contribution is 2.36. The van der Waals surface area contributed by atoms with Crippen molar-refractivity contribution in [1.82, 2.24) is 9.97 Å².